The van der Waals surface area contributed by atoms with Crippen LogP contribution < -0.4 is 15.9 Å². The molecule has 0 N–H and O–H groups in total. The molecule has 1 fully saturated rings. The molecule has 0 spiro atoms. The number of rotatable bonds is 5. The minimum atomic E-state index is -1.70. The van der Waals surface area contributed by atoms with Gasteiger partial charge in [-0.2, -0.15) is 0 Å². The highest BCUT2D eigenvalue weighted by Crippen LogP contribution is 2.57. The fraction of sp³-hybridized carbons (Fsp3) is 0.419. The van der Waals surface area contributed by atoms with Crippen molar-refractivity contribution in [2.45, 2.75) is 70.6 Å². The highest BCUT2D eigenvalue weighted by Gasteiger charge is 2.46. The van der Waals surface area contributed by atoms with Crippen LogP contribution in [0.3, 0.4) is 0 Å². The maximum atomic E-state index is 2.41. The minimum Gasteiger partial charge on any atom is -0.0620 e. The van der Waals surface area contributed by atoms with Gasteiger partial charge in [0.05, 0.1) is 6.16 Å². The molecule has 168 valence electrons. The Labute approximate surface area is 196 Å². The third-order valence-electron chi connectivity index (χ3n) is 7.35. The molecule has 0 nitrogen and oxygen atoms in total. The summed E-state index contributed by atoms with van der Waals surface area (Å²) in [5.74, 6) is 0.809. The SMILES string of the molecule is c1ccc([P+](CC2CCCCCCCCCCC2)(c2ccccc2)c2ccccc2)cc1. The van der Waals surface area contributed by atoms with E-state index in [4.69, 9.17) is 0 Å². The molecular formula is C31H40P+. The van der Waals surface area contributed by atoms with Gasteiger partial charge < -0.3 is 0 Å². The minimum absolute atomic E-state index is 0.809. The fourth-order valence-electron chi connectivity index (χ4n) is 5.63. The van der Waals surface area contributed by atoms with E-state index in [-0.39, 0.29) is 0 Å². The molecule has 0 unspecified atom stereocenters. The van der Waals surface area contributed by atoms with Gasteiger partial charge in [0.1, 0.15) is 23.2 Å². The second-order valence-corrected chi connectivity index (χ2v) is 13.2. The molecule has 3 aromatic rings. The zero-order chi connectivity index (χ0) is 21.9. The Hall–Kier alpha value is -1.91. The van der Waals surface area contributed by atoms with Gasteiger partial charge in [0.25, 0.3) is 0 Å². The molecule has 1 saturated carbocycles. The molecule has 0 aliphatic heterocycles. The van der Waals surface area contributed by atoms with Gasteiger partial charge in [-0.1, -0.05) is 112 Å². The second-order valence-electron chi connectivity index (χ2n) is 9.62. The Morgan fingerprint density at radius 3 is 1.09 bits per heavy atom. The summed E-state index contributed by atoms with van der Waals surface area (Å²) >= 11 is 0. The predicted octanol–water partition coefficient (Wildman–Crippen LogP) is 7.90. The summed E-state index contributed by atoms with van der Waals surface area (Å²) in [7, 11) is -1.70. The molecule has 0 atom stereocenters. The second kappa shape index (κ2) is 12.4. The van der Waals surface area contributed by atoms with Crippen molar-refractivity contribution < 1.29 is 0 Å². The zero-order valence-electron chi connectivity index (χ0n) is 19.7. The first-order valence-corrected chi connectivity index (χ1v) is 14.9. The van der Waals surface area contributed by atoms with Crippen LogP contribution in [0.1, 0.15) is 70.6 Å². The van der Waals surface area contributed by atoms with Gasteiger partial charge in [0.15, 0.2) is 0 Å². The van der Waals surface area contributed by atoms with Gasteiger partial charge in [0.2, 0.25) is 0 Å². The number of hydrogen-bond donors (Lipinski definition) is 0. The molecule has 0 radical (unpaired) electrons. The van der Waals surface area contributed by atoms with Crippen molar-refractivity contribution in [3.8, 4) is 0 Å². The molecule has 3 aromatic carbocycles. The van der Waals surface area contributed by atoms with Crippen molar-refractivity contribution >= 4 is 23.2 Å². The van der Waals surface area contributed by atoms with Crippen molar-refractivity contribution in [3.63, 3.8) is 0 Å². The largest absolute Gasteiger partial charge is 0.112 e. The molecule has 0 saturated heterocycles. The van der Waals surface area contributed by atoms with E-state index in [1.807, 2.05) is 0 Å². The topological polar surface area (TPSA) is 0 Å². The standard InChI is InChI=1S/C31H40P/c1-2-4-6-11-19-28(20-12-7-5-3-1)27-32(29-21-13-8-14-22-29,30-23-15-9-16-24-30)31-25-17-10-18-26-31/h8-10,13-18,21-26,28H,1-7,11-12,19-20,27H2/q+1. The molecule has 0 bridgehead atoms. The number of hydrogen-bond acceptors (Lipinski definition) is 0. The fourth-order valence-corrected chi connectivity index (χ4v) is 10.3. The first-order valence-electron chi connectivity index (χ1n) is 12.9. The Balaban J connectivity index is 1.74. The molecule has 32 heavy (non-hydrogen) atoms. The van der Waals surface area contributed by atoms with Gasteiger partial charge in [-0.25, -0.2) is 0 Å². The van der Waals surface area contributed by atoms with Crippen LogP contribution in [-0.4, -0.2) is 6.16 Å². The smallest absolute Gasteiger partial charge is 0.0620 e. The van der Waals surface area contributed by atoms with Gasteiger partial charge >= 0.3 is 0 Å². The Morgan fingerprint density at radius 2 is 0.750 bits per heavy atom. The third-order valence-corrected chi connectivity index (χ3v) is 12.0. The van der Waals surface area contributed by atoms with Crippen LogP contribution in [0.15, 0.2) is 91.0 Å². The van der Waals surface area contributed by atoms with E-state index in [1.54, 1.807) is 15.9 Å². The van der Waals surface area contributed by atoms with Crippen LogP contribution in [-0.2, 0) is 0 Å². The molecular weight excluding hydrogens is 403 g/mol. The Bertz CT molecular complexity index is 779. The van der Waals surface area contributed by atoms with Crippen molar-refractivity contribution in [3.05, 3.63) is 91.0 Å². The average molecular weight is 444 g/mol. The average Bonchev–Trinajstić information content (AvgIpc) is 2.85. The van der Waals surface area contributed by atoms with Gasteiger partial charge in [0, 0.05) is 0 Å². The van der Waals surface area contributed by atoms with Gasteiger partial charge in [-0.15, -0.1) is 0 Å². The maximum Gasteiger partial charge on any atom is 0.112 e. The van der Waals surface area contributed by atoms with Crippen molar-refractivity contribution in [1.82, 2.24) is 0 Å². The third kappa shape index (κ3) is 5.90. The van der Waals surface area contributed by atoms with E-state index < -0.39 is 7.26 Å². The predicted molar refractivity (Wildman–Crippen MR) is 144 cm³/mol. The lowest BCUT2D eigenvalue weighted by molar-refractivity contribution is 0.424. The van der Waals surface area contributed by atoms with E-state index in [2.05, 4.69) is 91.0 Å². The summed E-state index contributed by atoms with van der Waals surface area (Å²) in [6, 6.07) is 34.4. The molecule has 0 aromatic heterocycles. The van der Waals surface area contributed by atoms with Crippen LogP contribution in [0.4, 0.5) is 0 Å². The van der Waals surface area contributed by atoms with Crippen LogP contribution in [0.5, 0.6) is 0 Å². The molecule has 1 heteroatoms. The molecule has 4 rings (SSSR count). The van der Waals surface area contributed by atoms with E-state index in [1.165, 1.54) is 76.8 Å². The number of benzene rings is 3. The van der Waals surface area contributed by atoms with E-state index in [0.29, 0.717) is 0 Å². The summed E-state index contributed by atoms with van der Waals surface area (Å²) in [4.78, 5) is 0. The highest BCUT2D eigenvalue weighted by atomic mass is 31.2. The molecule has 1 aliphatic rings. The molecule has 1 aliphatic carbocycles. The summed E-state index contributed by atoms with van der Waals surface area (Å²) in [6.07, 6.45) is 17.0. The summed E-state index contributed by atoms with van der Waals surface area (Å²) in [5.41, 5.74) is 0. The summed E-state index contributed by atoms with van der Waals surface area (Å²) in [5, 5.41) is 4.63. The first kappa shape index (κ1) is 23.3. The van der Waals surface area contributed by atoms with E-state index in [0.717, 1.165) is 5.92 Å². The van der Waals surface area contributed by atoms with Crippen LogP contribution in [0.2, 0.25) is 0 Å². The highest BCUT2D eigenvalue weighted by molar-refractivity contribution is 7.95. The van der Waals surface area contributed by atoms with Crippen LogP contribution in [0, 0.1) is 5.92 Å². The summed E-state index contributed by atoms with van der Waals surface area (Å²) in [6.45, 7) is 0. The van der Waals surface area contributed by atoms with Crippen molar-refractivity contribution in [2.75, 3.05) is 6.16 Å². The molecule has 0 amide bonds. The summed E-state index contributed by atoms with van der Waals surface area (Å²) < 4.78 is 0. The van der Waals surface area contributed by atoms with E-state index in [9.17, 15) is 0 Å². The van der Waals surface area contributed by atoms with E-state index >= 15 is 0 Å². The zero-order valence-corrected chi connectivity index (χ0v) is 20.6. The lowest BCUT2D eigenvalue weighted by Gasteiger charge is -2.31. The molecule has 0 heterocycles. The van der Waals surface area contributed by atoms with Gasteiger partial charge in [-0.3, -0.25) is 0 Å². The first-order chi connectivity index (χ1) is 15.9. The van der Waals surface area contributed by atoms with Crippen LogP contribution >= 0.6 is 7.26 Å². The maximum absolute atomic E-state index is 2.41. The Morgan fingerprint density at radius 1 is 0.438 bits per heavy atom. The quantitative estimate of drug-likeness (QED) is 0.352. The lowest BCUT2D eigenvalue weighted by Crippen LogP contribution is -2.35. The van der Waals surface area contributed by atoms with Gasteiger partial charge in [-0.05, 0) is 55.2 Å². The van der Waals surface area contributed by atoms with Crippen molar-refractivity contribution in [1.29, 1.82) is 0 Å². The Kier molecular flexibility index (Phi) is 8.98. The lowest BCUT2D eigenvalue weighted by atomic mass is 9.94. The monoisotopic (exact) mass is 443 g/mol. The van der Waals surface area contributed by atoms with Crippen molar-refractivity contribution in [2.24, 2.45) is 5.92 Å². The van der Waals surface area contributed by atoms with Crippen LogP contribution in [0.25, 0.3) is 0 Å². The normalized spacial score (nSPS) is 17.2.